The zero-order valence-electron chi connectivity index (χ0n) is 18.3. The average Bonchev–Trinajstić information content (AvgIpc) is 3.13. The predicted molar refractivity (Wildman–Crippen MR) is 123 cm³/mol. The van der Waals surface area contributed by atoms with Crippen LogP contribution < -0.4 is 4.74 Å². The average molecular weight is 512 g/mol. The zero-order chi connectivity index (χ0) is 23.9. The lowest BCUT2D eigenvalue weighted by Crippen LogP contribution is -2.42. The number of hydrogen-bond acceptors (Lipinski definition) is 6. The molecule has 0 saturated carbocycles. The minimum atomic E-state index is -1.28. The van der Waals surface area contributed by atoms with Gasteiger partial charge in [-0.1, -0.05) is 52.3 Å². The molecule has 0 fully saturated rings. The monoisotopic (exact) mass is 511 g/mol. The zero-order valence-corrected chi connectivity index (χ0v) is 19.9. The molecule has 2 heterocycles. The molecule has 2 atom stereocenters. The Labute approximate surface area is 199 Å². The molecule has 0 saturated heterocycles. The number of esters is 1. The summed E-state index contributed by atoms with van der Waals surface area (Å²) in [5.74, 6) is -3.71. The number of nitrogens with zero attached hydrogens (tertiary/aromatic N) is 1. The molecule has 33 heavy (non-hydrogen) atoms. The highest BCUT2D eigenvalue weighted by molar-refractivity contribution is 9.10. The van der Waals surface area contributed by atoms with Crippen molar-refractivity contribution in [2.45, 2.75) is 32.3 Å². The van der Waals surface area contributed by atoms with E-state index >= 15 is 0 Å². The van der Waals surface area contributed by atoms with E-state index in [2.05, 4.69) is 15.9 Å². The molecule has 0 bridgehead atoms. The van der Waals surface area contributed by atoms with Gasteiger partial charge in [-0.25, -0.2) is 9.69 Å². The second-order valence-corrected chi connectivity index (χ2v) is 9.76. The third-order valence-electron chi connectivity index (χ3n) is 5.38. The van der Waals surface area contributed by atoms with E-state index in [1.54, 1.807) is 75.4 Å². The quantitative estimate of drug-likeness (QED) is 0.257. The van der Waals surface area contributed by atoms with Gasteiger partial charge in [0.05, 0.1) is 6.54 Å². The van der Waals surface area contributed by atoms with Gasteiger partial charge >= 0.3 is 12.1 Å². The van der Waals surface area contributed by atoms with Gasteiger partial charge < -0.3 is 9.47 Å². The van der Waals surface area contributed by atoms with Gasteiger partial charge in [-0.2, -0.15) is 0 Å². The van der Waals surface area contributed by atoms with Crippen LogP contribution in [-0.2, 0) is 14.3 Å². The first-order valence-electron chi connectivity index (χ1n) is 10.4. The summed E-state index contributed by atoms with van der Waals surface area (Å²) >= 11 is 3.41. The Morgan fingerprint density at radius 3 is 2.45 bits per heavy atom. The number of carbonyl (C=O) groups excluding carboxylic acids is 4. The van der Waals surface area contributed by atoms with Crippen molar-refractivity contribution < 1.29 is 28.7 Å². The van der Waals surface area contributed by atoms with Crippen LogP contribution in [-0.4, -0.2) is 40.8 Å². The summed E-state index contributed by atoms with van der Waals surface area (Å²) in [5.41, 5.74) is 0.255. The van der Waals surface area contributed by atoms with Crippen molar-refractivity contribution in [3.05, 3.63) is 75.8 Å². The van der Waals surface area contributed by atoms with Crippen molar-refractivity contribution >= 4 is 39.7 Å². The number of Topliss-reactive ketones (excluding diaryl/α,β-unsaturated/α-hetero) is 1. The summed E-state index contributed by atoms with van der Waals surface area (Å²) in [6.45, 7) is 5.11. The van der Waals surface area contributed by atoms with Crippen LogP contribution in [0.15, 0.2) is 64.7 Å². The molecular formula is C25H22BrNO6. The number of halogens is 1. The lowest BCUT2D eigenvalue weighted by atomic mass is 9.75. The fourth-order valence-corrected chi connectivity index (χ4v) is 4.36. The SMILES string of the molecule is CC(C)(C)OC(=O)N1CC=C([C@@H]2c3cc(Br)ccc3OC(=O)[C@H]2C(=O)c2ccccc2)C1=O. The second kappa shape index (κ2) is 8.59. The lowest BCUT2D eigenvalue weighted by molar-refractivity contribution is -0.139. The van der Waals surface area contributed by atoms with Gasteiger partial charge in [0.25, 0.3) is 5.91 Å². The fraction of sp³-hybridized carbons (Fsp3) is 0.280. The predicted octanol–water partition coefficient (Wildman–Crippen LogP) is 4.65. The van der Waals surface area contributed by atoms with Gasteiger partial charge in [0.1, 0.15) is 17.3 Å². The number of amides is 2. The van der Waals surface area contributed by atoms with Crippen molar-refractivity contribution in [3.63, 3.8) is 0 Å². The topological polar surface area (TPSA) is 90.0 Å². The lowest BCUT2D eigenvalue weighted by Gasteiger charge is -2.32. The number of fused-ring (bicyclic) bond motifs is 1. The molecule has 0 spiro atoms. The molecule has 2 amide bonds. The normalized spacial score (nSPS) is 20.1. The molecule has 7 nitrogen and oxygen atoms in total. The third-order valence-corrected chi connectivity index (χ3v) is 5.87. The van der Waals surface area contributed by atoms with Crippen LogP contribution in [0.4, 0.5) is 4.79 Å². The van der Waals surface area contributed by atoms with Gasteiger partial charge in [-0.3, -0.25) is 14.4 Å². The standard InChI is InChI=1S/C25H22BrNO6/c1-25(2,3)33-24(31)27-12-11-16(22(27)29)19-17-13-15(26)9-10-18(17)32-23(30)20(19)21(28)14-7-5-4-6-8-14/h4-11,13,19-20H,12H2,1-3H3/t19-,20-/m1/s1. The summed E-state index contributed by atoms with van der Waals surface area (Å²) in [6, 6.07) is 13.4. The Morgan fingerprint density at radius 2 is 1.79 bits per heavy atom. The molecule has 0 radical (unpaired) electrons. The van der Waals surface area contributed by atoms with E-state index in [9.17, 15) is 19.2 Å². The molecule has 2 aliphatic heterocycles. The van der Waals surface area contributed by atoms with Crippen LogP contribution in [0, 0.1) is 5.92 Å². The molecule has 4 rings (SSSR count). The summed E-state index contributed by atoms with van der Waals surface area (Å²) < 4.78 is 11.5. The maximum atomic E-state index is 13.4. The number of ether oxygens (including phenoxy) is 2. The first-order chi connectivity index (χ1) is 15.6. The molecule has 0 aromatic heterocycles. The van der Waals surface area contributed by atoms with Crippen LogP contribution in [0.3, 0.4) is 0 Å². The maximum Gasteiger partial charge on any atom is 0.417 e. The minimum Gasteiger partial charge on any atom is -0.443 e. The molecule has 0 N–H and O–H groups in total. The molecule has 2 aromatic carbocycles. The Bertz CT molecular complexity index is 1180. The highest BCUT2D eigenvalue weighted by Gasteiger charge is 2.48. The van der Waals surface area contributed by atoms with Crippen LogP contribution >= 0.6 is 15.9 Å². The number of carbonyl (C=O) groups is 4. The van der Waals surface area contributed by atoms with E-state index < -0.39 is 41.2 Å². The minimum absolute atomic E-state index is 0.00971. The third kappa shape index (κ3) is 4.48. The Hall–Kier alpha value is -3.26. The van der Waals surface area contributed by atoms with E-state index in [-0.39, 0.29) is 17.9 Å². The highest BCUT2D eigenvalue weighted by Crippen LogP contribution is 2.46. The van der Waals surface area contributed by atoms with Crippen LogP contribution in [0.5, 0.6) is 5.75 Å². The summed E-state index contributed by atoms with van der Waals surface area (Å²) in [7, 11) is 0. The number of ketones is 1. The van der Waals surface area contributed by atoms with Crippen molar-refractivity contribution in [3.8, 4) is 5.75 Å². The Morgan fingerprint density at radius 1 is 1.09 bits per heavy atom. The van der Waals surface area contributed by atoms with Gasteiger partial charge in [-0.15, -0.1) is 0 Å². The Balaban J connectivity index is 1.76. The van der Waals surface area contributed by atoms with E-state index in [0.29, 0.717) is 15.6 Å². The number of imide groups is 1. The summed E-state index contributed by atoms with van der Waals surface area (Å²) in [5, 5.41) is 0. The van der Waals surface area contributed by atoms with Gasteiger partial charge in [0, 0.05) is 27.1 Å². The van der Waals surface area contributed by atoms with Crippen LogP contribution in [0.1, 0.15) is 42.6 Å². The fourth-order valence-electron chi connectivity index (χ4n) is 3.98. The van der Waals surface area contributed by atoms with Crippen molar-refractivity contribution in [2.75, 3.05) is 6.54 Å². The molecule has 0 aliphatic carbocycles. The van der Waals surface area contributed by atoms with Crippen molar-refractivity contribution in [1.82, 2.24) is 4.90 Å². The summed E-state index contributed by atoms with van der Waals surface area (Å²) in [4.78, 5) is 53.3. The van der Waals surface area contributed by atoms with Gasteiger partial charge in [0.15, 0.2) is 5.78 Å². The molecule has 0 unspecified atom stereocenters. The van der Waals surface area contributed by atoms with Crippen molar-refractivity contribution in [2.24, 2.45) is 5.92 Å². The number of benzene rings is 2. The van der Waals surface area contributed by atoms with Gasteiger partial charge in [0.2, 0.25) is 0 Å². The highest BCUT2D eigenvalue weighted by atomic mass is 79.9. The van der Waals surface area contributed by atoms with Crippen molar-refractivity contribution in [1.29, 1.82) is 0 Å². The molecule has 2 aliphatic rings. The van der Waals surface area contributed by atoms with E-state index in [0.717, 1.165) is 4.90 Å². The molecule has 2 aromatic rings. The second-order valence-electron chi connectivity index (χ2n) is 8.84. The largest absolute Gasteiger partial charge is 0.443 e. The van der Waals surface area contributed by atoms with E-state index in [1.165, 1.54) is 0 Å². The van der Waals surface area contributed by atoms with Crippen LogP contribution in [0.25, 0.3) is 0 Å². The molecule has 170 valence electrons. The number of rotatable bonds is 3. The number of hydrogen-bond donors (Lipinski definition) is 0. The summed E-state index contributed by atoms with van der Waals surface area (Å²) in [6.07, 6.45) is 0.795. The van der Waals surface area contributed by atoms with Gasteiger partial charge in [-0.05, 0) is 39.0 Å². The first-order valence-corrected chi connectivity index (χ1v) is 11.2. The van der Waals surface area contributed by atoms with E-state index in [1.807, 2.05) is 0 Å². The smallest absolute Gasteiger partial charge is 0.417 e. The Kier molecular flexibility index (Phi) is 5.97. The van der Waals surface area contributed by atoms with Crippen LogP contribution in [0.2, 0.25) is 0 Å². The first kappa shape index (κ1) is 22.9. The molecular weight excluding hydrogens is 490 g/mol. The van der Waals surface area contributed by atoms with E-state index in [4.69, 9.17) is 9.47 Å². The molecule has 8 heteroatoms. The maximum absolute atomic E-state index is 13.4.